The van der Waals surface area contributed by atoms with E-state index in [2.05, 4.69) is 10.3 Å². The van der Waals surface area contributed by atoms with Crippen LogP contribution in [0.5, 0.6) is 0 Å². The Balaban J connectivity index is 1.97. The first-order valence-electron chi connectivity index (χ1n) is 5.09. The first kappa shape index (κ1) is 12.7. The third-order valence-corrected chi connectivity index (χ3v) is 4.12. The first-order chi connectivity index (χ1) is 8.56. The molecule has 2 aromatic rings. The predicted octanol–water partition coefficient (Wildman–Crippen LogP) is 2.14. The standard InChI is InChI=1S/C11H10N2O3S2/c1-6-12-4-7(17-6)5-13-10(14)8-2-3-9(18-8)11(15)16/h2-4H,5H2,1H3,(H,13,14)(H,15,16). The summed E-state index contributed by atoms with van der Waals surface area (Å²) in [6.07, 6.45) is 1.72. The Morgan fingerprint density at radius 3 is 2.61 bits per heavy atom. The van der Waals surface area contributed by atoms with Crippen LogP contribution in [0.1, 0.15) is 29.2 Å². The summed E-state index contributed by atoms with van der Waals surface area (Å²) in [5.41, 5.74) is 0. The number of thiazole rings is 1. The summed E-state index contributed by atoms with van der Waals surface area (Å²) in [5, 5.41) is 12.4. The van der Waals surface area contributed by atoms with Gasteiger partial charge in [-0.3, -0.25) is 4.79 Å². The van der Waals surface area contributed by atoms with Crippen LogP contribution in [0.4, 0.5) is 0 Å². The summed E-state index contributed by atoms with van der Waals surface area (Å²) < 4.78 is 0. The molecule has 2 aromatic heterocycles. The van der Waals surface area contributed by atoms with Gasteiger partial charge in [-0.2, -0.15) is 0 Å². The van der Waals surface area contributed by atoms with E-state index in [1.165, 1.54) is 23.5 Å². The number of thiophene rings is 1. The summed E-state index contributed by atoms with van der Waals surface area (Å²) >= 11 is 2.48. The van der Waals surface area contributed by atoms with Crippen molar-refractivity contribution in [2.45, 2.75) is 13.5 Å². The van der Waals surface area contributed by atoms with Gasteiger partial charge in [-0.1, -0.05) is 0 Å². The molecule has 0 saturated carbocycles. The molecule has 0 spiro atoms. The molecule has 5 nitrogen and oxygen atoms in total. The van der Waals surface area contributed by atoms with Crippen molar-refractivity contribution >= 4 is 34.6 Å². The second-order valence-corrected chi connectivity index (χ2v) is 5.90. The lowest BCUT2D eigenvalue weighted by molar-refractivity contribution is 0.0702. The molecule has 0 bridgehead atoms. The normalized spacial score (nSPS) is 10.3. The maximum atomic E-state index is 11.8. The van der Waals surface area contributed by atoms with Gasteiger partial charge in [-0.25, -0.2) is 9.78 Å². The maximum Gasteiger partial charge on any atom is 0.345 e. The Hall–Kier alpha value is -1.73. The fraction of sp³-hybridized carbons (Fsp3) is 0.182. The fourth-order valence-electron chi connectivity index (χ4n) is 1.32. The molecule has 0 fully saturated rings. The molecule has 0 aliphatic rings. The smallest absolute Gasteiger partial charge is 0.345 e. The summed E-state index contributed by atoms with van der Waals surface area (Å²) in [7, 11) is 0. The summed E-state index contributed by atoms with van der Waals surface area (Å²) in [6.45, 7) is 2.30. The molecule has 0 aromatic carbocycles. The molecule has 2 rings (SSSR count). The molecule has 0 saturated heterocycles. The average molecular weight is 282 g/mol. The maximum absolute atomic E-state index is 11.8. The third-order valence-electron chi connectivity index (χ3n) is 2.13. The number of carboxylic acids is 1. The van der Waals surface area contributed by atoms with Crippen molar-refractivity contribution < 1.29 is 14.7 Å². The van der Waals surface area contributed by atoms with Crippen molar-refractivity contribution in [3.8, 4) is 0 Å². The van der Waals surface area contributed by atoms with Crippen LogP contribution in [0.25, 0.3) is 0 Å². The van der Waals surface area contributed by atoms with E-state index in [0.29, 0.717) is 11.4 Å². The van der Waals surface area contributed by atoms with E-state index in [-0.39, 0.29) is 10.8 Å². The Bertz CT molecular complexity index is 589. The van der Waals surface area contributed by atoms with Crippen LogP contribution in [0.15, 0.2) is 18.3 Å². The van der Waals surface area contributed by atoms with Gasteiger partial charge in [0.15, 0.2) is 0 Å². The monoisotopic (exact) mass is 282 g/mol. The molecule has 1 amide bonds. The van der Waals surface area contributed by atoms with Gasteiger partial charge in [0.25, 0.3) is 5.91 Å². The van der Waals surface area contributed by atoms with Gasteiger partial charge in [-0.05, 0) is 19.1 Å². The van der Waals surface area contributed by atoms with Crippen LogP contribution in [0, 0.1) is 6.92 Å². The molecule has 0 radical (unpaired) electrons. The van der Waals surface area contributed by atoms with E-state index in [4.69, 9.17) is 5.11 Å². The number of carboxylic acid groups (broad SMARTS) is 1. The van der Waals surface area contributed by atoms with Gasteiger partial charge in [-0.15, -0.1) is 22.7 Å². The second kappa shape index (κ2) is 5.28. The highest BCUT2D eigenvalue weighted by atomic mass is 32.1. The third kappa shape index (κ3) is 2.93. The summed E-state index contributed by atoms with van der Waals surface area (Å²) in [6, 6.07) is 2.94. The number of rotatable bonds is 4. The zero-order chi connectivity index (χ0) is 13.1. The van der Waals surface area contributed by atoms with Crippen molar-refractivity contribution in [1.82, 2.24) is 10.3 Å². The van der Waals surface area contributed by atoms with E-state index < -0.39 is 5.97 Å². The Morgan fingerprint density at radius 1 is 1.33 bits per heavy atom. The number of hydrogen-bond donors (Lipinski definition) is 2. The lowest BCUT2D eigenvalue weighted by atomic mass is 10.4. The number of carbonyl (C=O) groups is 2. The largest absolute Gasteiger partial charge is 0.477 e. The van der Waals surface area contributed by atoms with E-state index in [1.54, 1.807) is 6.20 Å². The second-order valence-electron chi connectivity index (χ2n) is 3.50. The minimum absolute atomic E-state index is 0.161. The molecule has 94 valence electrons. The number of aromatic carboxylic acids is 1. The molecule has 2 N–H and O–H groups in total. The Morgan fingerprint density at radius 2 is 2.06 bits per heavy atom. The molecule has 0 aliphatic heterocycles. The van der Waals surface area contributed by atoms with Crippen LogP contribution < -0.4 is 5.32 Å². The highest BCUT2D eigenvalue weighted by molar-refractivity contribution is 7.15. The van der Waals surface area contributed by atoms with Crippen molar-refractivity contribution in [2.24, 2.45) is 0 Å². The fourth-order valence-corrected chi connectivity index (χ4v) is 2.81. The van der Waals surface area contributed by atoms with Crippen molar-refractivity contribution in [1.29, 1.82) is 0 Å². The minimum Gasteiger partial charge on any atom is -0.477 e. The SMILES string of the molecule is Cc1ncc(CNC(=O)c2ccc(C(=O)O)s2)s1. The molecule has 0 aliphatic carbocycles. The molecule has 2 heterocycles. The van der Waals surface area contributed by atoms with Gasteiger partial charge in [0, 0.05) is 11.1 Å². The Kier molecular flexibility index (Phi) is 3.73. The first-order valence-corrected chi connectivity index (χ1v) is 6.72. The van der Waals surface area contributed by atoms with Gasteiger partial charge < -0.3 is 10.4 Å². The number of nitrogens with zero attached hydrogens (tertiary/aromatic N) is 1. The lowest BCUT2D eigenvalue weighted by Gasteiger charge is -2.00. The number of nitrogens with one attached hydrogen (secondary N) is 1. The minimum atomic E-state index is -1.02. The number of aromatic nitrogens is 1. The van der Waals surface area contributed by atoms with E-state index in [9.17, 15) is 9.59 Å². The van der Waals surface area contributed by atoms with Crippen LogP contribution in [0.3, 0.4) is 0 Å². The lowest BCUT2D eigenvalue weighted by Crippen LogP contribution is -2.21. The zero-order valence-corrected chi connectivity index (χ0v) is 11.1. The number of aryl methyl sites for hydroxylation is 1. The van der Waals surface area contributed by atoms with Crippen LogP contribution >= 0.6 is 22.7 Å². The predicted molar refractivity (Wildman–Crippen MR) is 69.3 cm³/mol. The molecule has 0 atom stereocenters. The van der Waals surface area contributed by atoms with Gasteiger partial charge in [0.05, 0.1) is 16.4 Å². The molecule has 18 heavy (non-hydrogen) atoms. The highest BCUT2D eigenvalue weighted by Crippen LogP contribution is 2.17. The van der Waals surface area contributed by atoms with E-state index in [0.717, 1.165) is 21.2 Å². The van der Waals surface area contributed by atoms with Crippen LogP contribution in [-0.2, 0) is 6.54 Å². The topological polar surface area (TPSA) is 79.3 Å². The van der Waals surface area contributed by atoms with E-state index in [1.807, 2.05) is 6.92 Å². The number of hydrogen-bond acceptors (Lipinski definition) is 5. The van der Waals surface area contributed by atoms with Crippen LogP contribution in [0.2, 0.25) is 0 Å². The summed E-state index contributed by atoms with van der Waals surface area (Å²) in [4.78, 5) is 28.1. The number of amides is 1. The summed E-state index contributed by atoms with van der Waals surface area (Å²) in [5.74, 6) is -1.28. The molecule has 0 unspecified atom stereocenters. The molecule has 7 heteroatoms. The van der Waals surface area contributed by atoms with Gasteiger partial charge in [0.1, 0.15) is 4.88 Å². The van der Waals surface area contributed by atoms with Crippen molar-refractivity contribution in [2.75, 3.05) is 0 Å². The van der Waals surface area contributed by atoms with Crippen molar-refractivity contribution in [3.05, 3.63) is 38.0 Å². The average Bonchev–Trinajstić information content (AvgIpc) is 2.94. The van der Waals surface area contributed by atoms with Gasteiger partial charge >= 0.3 is 5.97 Å². The van der Waals surface area contributed by atoms with Crippen LogP contribution in [-0.4, -0.2) is 22.0 Å². The Labute approximate surface area is 111 Å². The highest BCUT2D eigenvalue weighted by Gasteiger charge is 2.12. The van der Waals surface area contributed by atoms with Gasteiger partial charge in [0.2, 0.25) is 0 Å². The zero-order valence-electron chi connectivity index (χ0n) is 9.47. The molecular formula is C11H10N2O3S2. The number of carbonyl (C=O) groups excluding carboxylic acids is 1. The molecular weight excluding hydrogens is 272 g/mol. The van der Waals surface area contributed by atoms with E-state index >= 15 is 0 Å². The quantitative estimate of drug-likeness (QED) is 0.900. The van der Waals surface area contributed by atoms with Crippen molar-refractivity contribution in [3.63, 3.8) is 0 Å².